The lowest BCUT2D eigenvalue weighted by Gasteiger charge is -2.11. The van der Waals surface area contributed by atoms with E-state index in [1.54, 1.807) is 18.2 Å². The van der Waals surface area contributed by atoms with E-state index in [0.29, 0.717) is 18.8 Å². The van der Waals surface area contributed by atoms with Crippen LogP contribution in [0.3, 0.4) is 0 Å². The van der Waals surface area contributed by atoms with Crippen molar-refractivity contribution in [2.75, 3.05) is 25.6 Å². The second kappa shape index (κ2) is 10.7. The summed E-state index contributed by atoms with van der Waals surface area (Å²) in [6.07, 6.45) is 0. The molecule has 0 saturated carbocycles. The van der Waals surface area contributed by atoms with Crippen molar-refractivity contribution >= 4 is 34.9 Å². The number of nitrogens with one attached hydrogen (secondary N) is 2. The molecule has 164 valence electrons. The highest BCUT2D eigenvalue weighted by atomic mass is 35.5. The van der Waals surface area contributed by atoms with Gasteiger partial charge < -0.3 is 15.4 Å². The van der Waals surface area contributed by atoms with E-state index in [1.165, 1.54) is 55.6 Å². The summed E-state index contributed by atoms with van der Waals surface area (Å²) in [5, 5.41) is 5.52. The number of carbonyl (C=O) groups is 3. The number of methoxy groups -OCH3 is 1. The number of halogens is 2. The second-order valence-corrected chi connectivity index (χ2v) is 7.19. The SMILES string of the molecule is COCCNC(=O)c1ccc(NC(=O)c2ccccc2C(=O)c2ccc(F)cc2)cc1Cl. The van der Waals surface area contributed by atoms with Gasteiger partial charge in [-0.1, -0.05) is 29.8 Å². The van der Waals surface area contributed by atoms with Crippen LogP contribution in [0.4, 0.5) is 10.1 Å². The first-order valence-corrected chi connectivity index (χ1v) is 10.1. The first-order valence-electron chi connectivity index (χ1n) is 9.68. The maximum absolute atomic E-state index is 13.2. The highest BCUT2D eigenvalue weighted by molar-refractivity contribution is 6.34. The van der Waals surface area contributed by atoms with Crippen molar-refractivity contribution < 1.29 is 23.5 Å². The van der Waals surface area contributed by atoms with E-state index in [1.807, 2.05) is 0 Å². The molecule has 0 saturated heterocycles. The molecule has 0 spiro atoms. The van der Waals surface area contributed by atoms with Crippen LogP contribution in [0.5, 0.6) is 0 Å². The summed E-state index contributed by atoms with van der Waals surface area (Å²) < 4.78 is 18.1. The number of ketones is 1. The minimum absolute atomic E-state index is 0.152. The summed E-state index contributed by atoms with van der Waals surface area (Å²) >= 11 is 6.21. The van der Waals surface area contributed by atoms with Crippen LogP contribution in [0.15, 0.2) is 66.7 Å². The molecule has 0 fully saturated rings. The minimum atomic E-state index is -0.524. The third-order valence-corrected chi connectivity index (χ3v) is 4.90. The molecule has 8 heteroatoms. The first-order chi connectivity index (χ1) is 15.4. The average Bonchev–Trinajstić information content (AvgIpc) is 2.79. The number of amides is 2. The third kappa shape index (κ3) is 5.57. The molecule has 2 N–H and O–H groups in total. The van der Waals surface area contributed by atoms with Gasteiger partial charge in [0.15, 0.2) is 5.78 Å². The predicted molar refractivity (Wildman–Crippen MR) is 120 cm³/mol. The molecular formula is C24H20ClFN2O4. The van der Waals surface area contributed by atoms with Crippen LogP contribution in [0, 0.1) is 5.82 Å². The van der Waals surface area contributed by atoms with Crippen molar-refractivity contribution in [2.45, 2.75) is 0 Å². The van der Waals surface area contributed by atoms with Crippen molar-refractivity contribution in [3.8, 4) is 0 Å². The highest BCUT2D eigenvalue weighted by Crippen LogP contribution is 2.23. The largest absolute Gasteiger partial charge is 0.383 e. The van der Waals surface area contributed by atoms with Crippen molar-refractivity contribution in [1.29, 1.82) is 0 Å². The summed E-state index contributed by atoms with van der Waals surface area (Å²) in [6.45, 7) is 0.705. The minimum Gasteiger partial charge on any atom is -0.383 e. The number of hydrogen-bond donors (Lipinski definition) is 2. The van der Waals surface area contributed by atoms with Gasteiger partial charge in [-0.15, -0.1) is 0 Å². The molecule has 0 aliphatic rings. The fourth-order valence-corrected chi connectivity index (χ4v) is 3.24. The molecule has 3 aromatic carbocycles. The van der Waals surface area contributed by atoms with Gasteiger partial charge in [0.25, 0.3) is 11.8 Å². The third-order valence-electron chi connectivity index (χ3n) is 4.59. The molecule has 0 bridgehead atoms. The van der Waals surface area contributed by atoms with Gasteiger partial charge in [0, 0.05) is 30.5 Å². The summed E-state index contributed by atoms with van der Waals surface area (Å²) in [5.74, 6) is -1.75. The molecule has 0 atom stereocenters. The van der Waals surface area contributed by atoms with Crippen LogP contribution in [0.2, 0.25) is 5.02 Å². The molecule has 0 heterocycles. The topological polar surface area (TPSA) is 84.5 Å². The molecule has 0 aliphatic carbocycles. The summed E-state index contributed by atoms with van der Waals surface area (Å²) in [5.41, 5.74) is 1.21. The Hall–Kier alpha value is -3.55. The van der Waals surface area contributed by atoms with Crippen molar-refractivity contribution in [2.24, 2.45) is 0 Å². The van der Waals surface area contributed by atoms with E-state index >= 15 is 0 Å². The zero-order valence-electron chi connectivity index (χ0n) is 17.2. The van der Waals surface area contributed by atoms with Crippen LogP contribution < -0.4 is 10.6 Å². The Kier molecular flexibility index (Phi) is 7.70. The Morgan fingerprint density at radius 2 is 1.59 bits per heavy atom. The van der Waals surface area contributed by atoms with Crippen molar-refractivity contribution in [3.63, 3.8) is 0 Å². The smallest absolute Gasteiger partial charge is 0.256 e. The van der Waals surface area contributed by atoms with Crippen LogP contribution in [-0.4, -0.2) is 37.9 Å². The summed E-state index contributed by atoms with van der Waals surface area (Å²) in [6, 6.07) is 15.9. The van der Waals surface area contributed by atoms with Gasteiger partial charge in [0.2, 0.25) is 0 Å². The molecular weight excluding hydrogens is 435 g/mol. The monoisotopic (exact) mass is 454 g/mol. The molecule has 0 aromatic heterocycles. The van der Waals surface area contributed by atoms with Gasteiger partial charge in [-0.05, 0) is 48.5 Å². The van der Waals surface area contributed by atoms with Gasteiger partial charge in [-0.3, -0.25) is 14.4 Å². The zero-order valence-corrected chi connectivity index (χ0v) is 17.9. The quantitative estimate of drug-likeness (QED) is 0.392. The van der Waals surface area contributed by atoms with Gasteiger partial charge in [0.1, 0.15) is 5.82 Å². The van der Waals surface area contributed by atoms with E-state index < -0.39 is 17.5 Å². The normalized spacial score (nSPS) is 10.5. The van der Waals surface area contributed by atoms with Crippen LogP contribution in [0.1, 0.15) is 36.6 Å². The Bertz CT molecular complexity index is 1150. The summed E-state index contributed by atoms with van der Waals surface area (Å²) in [7, 11) is 1.53. The molecule has 2 amide bonds. The Balaban J connectivity index is 1.78. The first kappa shape index (κ1) is 23.1. The lowest BCUT2D eigenvalue weighted by Crippen LogP contribution is -2.27. The Morgan fingerprint density at radius 3 is 2.25 bits per heavy atom. The van der Waals surface area contributed by atoms with Gasteiger partial charge in [0.05, 0.1) is 22.8 Å². The Labute approximate surface area is 189 Å². The van der Waals surface area contributed by atoms with E-state index in [0.717, 1.165) is 0 Å². The van der Waals surface area contributed by atoms with E-state index in [2.05, 4.69) is 10.6 Å². The van der Waals surface area contributed by atoms with Crippen LogP contribution in [-0.2, 0) is 4.74 Å². The predicted octanol–water partition coefficient (Wildman–Crippen LogP) is 4.34. The zero-order chi connectivity index (χ0) is 23.1. The molecule has 32 heavy (non-hydrogen) atoms. The van der Waals surface area contributed by atoms with Crippen LogP contribution >= 0.6 is 11.6 Å². The number of ether oxygens (including phenoxy) is 1. The number of carbonyl (C=O) groups excluding carboxylic acids is 3. The highest BCUT2D eigenvalue weighted by Gasteiger charge is 2.19. The molecule has 3 rings (SSSR count). The maximum Gasteiger partial charge on any atom is 0.256 e. The van der Waals surface area contributed by atoms with Gasteiger partial charge in [-0.2, -0.15) is 0 Å². The molecule has 0 unspecified atom stereocenters. The second-order valence-electron chi connectivity index (χ2n) is 6.78. The fraction of sp³-hybridized carbons (Fsp3) is 0.125. The molecule has 6 nitrogen and oxygen atoms in total. The molecule has 0 aliphatic heterocycles. The number of anilines is 1. The van der Waals surface area contributed by atoms with E-state index in [9.17, 15) is 18.8 Å². The maximum atomic E-state index is 13.2. The average molecular weight is 455 g/mol. The van der Waals surface area contributed by atoms with Crippen LogP contribution in [0.25, 0.3) is 0 Å². The standard InChI is InChI=1S/C24H20ClFN2O4/c1-32-13-12-27-23(30)20-11-10-17(14-21(20)25)28-24(31)19-5-3-2-4-18(19)22(29)15-6-8-16(26)9-7-15/h2-11,14H,12-13H2,1H3,(H,27,30)(H,28,31). The van der Waals surface area contributed by atoms with Gasteiger partial charge >= 0.3 is 0 Å². The number of rotatable bonds is 8. The van der Waals surface area contributed by atoms with E-state index in [-0.39, 0.29) is 33.2 Å². The fourth-order valence-electron chi connectivity index (χ4n) is 2.97. The van der Waals surface area contributed by atoms with Gasteiger partial charge in [-0.25, -0.2) is 4.39 Å². The van der Waals surface area contributed by atoms with Crippen molar-refractivity contribution in [3.05, 3.63) is 99.8 Å². The van der Waals surface area contributed by atoms with E-state index in [4.69, 9.17) is 16.3 Å². The number of hydrogen-bond acceptors (Lipinski definition) is 4. The molecule has 0 radical (unpaired) electrons. The number of benzene rings is 3. The lowest BCUT2D eigenvalue weighted by molar-refractivity contribution is 0.0936. The lowest BCUT2D eigenvalue weighted by atomic mass is 9.98. The van der Waals surface area contributed by atoms with Crippen molar-refractivity contribution in [1.82, 2.24) is 5.32 Å². The Morgan fingerprint density at radius 1 is 0.906 bits per heavy atom. The summed E-state index contributed by atoms with van der Waals surface area (Å²) in [4.78, 5) is 37.9. The molecule has 3 aromatic rings.